The first kappa shape index (κ1) is 35.0. The van der Waals surface area contributed by atoms with Gasteiger partial charge < -0.3 is 10.2 Å². The lowest BCUT2D eigenvalue weighted by Crippen LogP contribution is -2.56. The fourth-order valence-electron chi connectivity index (χ4n) is 4.97. The molecule has 2 amide bonds. The number of carbonyl (C=O) groups is 2. The first-order chi connectivity index (χ1) is 21.7. The van der Waals surface area contributed by atoms with E-state index >= 15 is 0 Å². The third-order valence-corrected chi connectivity index (χ3v) is 9.89. The topological polar surface area (TPSA) is 86.8 Å². The molecular weight excluding hydrogens is 641 g/mol. The Kier molecular flexibility index (Phi) is 11.2. The zero-order valence-corrected chi connectivity index (χ0v) is 29.0. The van der Waals surface area contributed by atoms with Gasteiger partial charge in [-0.15, -0.1) is 0 Å². The van der Waals surface area contributed by atoms with Gasteiger partial charge in [-0.3, -0.25) is 13.9 Å². The van der Waals surface area contributed by atoms with Crippen molar-refractivity contribution in [3.05, 3.63) is 129 Å². The number of sulfonamides is 1. The highest BCUT2D eigenvalue weighted by molar-refractivity contribution is 7.92. The molecule has 0 aliphatic heterocycles. The van der Waals surface area contributed by atoms with E-state index in [-0.39, 0.29) is 23.8 Å². The number of hydrogen-bond donors (Lipinski definition) is 1. The minimum absolute atomic E-state index is 0.0413. The Balaban J connectivity index is 1.85. The van der Waals surface area contributed by atoms with Crippen LogP contribution >= 0.6 is 23.2 Å². The Morgan fingerprint density at radius 2 is 1.46 bits per heavy atom. The van der Waals surface area contributed by atoms with Gasteiger partial charge >= 0.3 is 0 Å². The molecule has 0 aromatic heterocycles. The molecule has 4 aromatic rings. The van der Waals surface area contributed by atoms with Gasteiger partial charge in [-0.05, 0) is 93.3 Å². The van der Waals surface area contributed by atoms with Crippen molar-refractivity contribution in [1.29, 1.82) is 0 Å². The molecule has 0 unspecified atom stereocenters. The summed E-state index contributed by atoms with van der Waals surface area (Å²) in [6.07, 6.45) is 0.189. The predicted octanol–water partition coefficient (Wildman–Crippen LogP) is 7.36. The smallest absolute Gasteiger partial charge is 0.264 e. The maximum absolute atomic E-state index is 14.6. The standard InChI is InChI=1S/C36H39Cl2N3O4S/c1-25-16-19-30(20-26(25)2)41(46(44,45)31-14-10-7-11-15-31)24-34(42)40(23-28-17-18-29(37)22-32(28)38)33(35(43)39-36(3,4)5)21-27-12-8-6-9-13-27/h6-20,22,33H,21,23-24H2,1-5H3,(H,39,43)/t33-/m1/s1. The van der Waals surface area contributed by atoms with Crippen molar-refractivity contribution in [2.24, 2.45) is 0 Å². The largest absolute Gasteiger partial charge is 0.350 e. The number of aryl methyl sites for hydroxylation is 2. The van der Waals surface area contributed by atoms with E-state index in [0.717, 1.165) is 21.0 Å². The summed E-state index contributed by atoms with van der Waals surface area (Å²) in [4.78, 5) is 30.1. The molecule has 7 nitrogen and oxygen atoms in total. The fourth-order valence-corrected chi connectivity index (χ4v) is 6.86. The number of anilines is 1. The maximum Gasteiger partial charge on any atom is 0.264 e. The summed E-state index contributed by atoms with van der Waals surface area (Å²) < 4.78 is 29.4. The minimum Gasteiger partial charge on any atom is -0.350 e. The Labute approximate surface area is 282 Å². The second kappa shape index (κ2) is 14.7. The molecule has 0 radical (unpaired) electrons. The first-order valence-electron chi connectivity index (χ1n) is 14.9. The molecule has 0 fully saturated rings. The summed E-state index contributed by atoms with van der Waals surface area (Å²) >= 11 is 12.8. The number of amides is 2. The highest BCUT2D eigenvalue weighted by Gasteiger charge is 2.36. The summed E-state index contributed by atoms with van der Waals surface area (Å²) in [5.41, 5.74) is 2.98. The van der Waals surface area contributed by atoms with E-state index in [2.05, 4.69) is 5.32 Å². The van der Waals surface area contributed by atoms with Crippen LogP contribution in [0, 0.1) is 13.8 Å². The van der Waals surface area contributed by atoms with E-state index in [4.69, 9.17) is 23.2 Å². The van der Waals surface area contributed by atoms with Gasteiger partial charge in [0, 0.05) is 28.5 Å². The van der Waals surface area contributed by atoms with E-state index in [1.807, 2.05) is 71.0 Å². The highest BCUT2D eigenvalue weighted by atomic mass is 35.5. The molecule has 1 N–H and O–H groups in total. The predicted molar refractivity (Wildman–Crippen MR) is 186 cm³/mol. The molecule has 1 atom stereocenters. The zero-order valence-electron chi connectivity index (χ0n) is 26.6. The van der Waals surface area contributed by atoms with Crippen LogP contribution in [0.15, 0.2) is 102 Å². The van der Waals surface area contributed by atoms with Crippen molar-refractivity contribution in [3.8, 4) is 0 Å². The van der Waals surface area contributed by atoms with Crippen LogP contribution in [0.25, 0.3) is 0 Å². The number of hydrogen-bond acceptors (Lipinski definition) is 4. The number of nitrogens with one attached hydrogen (secondary N) is 1. The third-order valence-electron chi connectivity index (χ3n) is 7.51. The van der Waals surface area contributed by atoms with Gasteiger partial charge in [-0.2, -0.15) is 0 Å². The fraction of sp³-hybridized carbons (Fsp3) is 0.278. The maximum atomic E-state index is 14.6. The van der Waals surface area contributed by atoms with Gasteiger partial charge in [0.1, 0.15) is 12.6 Å². The summed E-state index contributed by atoms with van der Waals surface area (Å²) in [6.45, 7) is 8.78. The van der Waals surface area contributed by atoms with Crippen molar-refractivity contribution in [1.82, 2.24) is 10.2 Å². The van der Waals surface area contributed by atoms with Gasteiger partial charge in [-0.25, -0.2) is 8.42 Å². The van der Waals surface area contributed by atoms with Gasteiger partial charge in [0.15, 0.2) is 0 Å². The Morgan fingerprint density at radius 1 is 0.826 bits per heavy atom. The lowest BCUT2D eigenvalue weighted by molar-refractivity contribution is -0.140. The van der Waals surface area contributed by atoms with Crippen LogP contribution in [0.2, 0.25) is 10.0 Å². The molecule has 0 spiro atoms. The summed E-state index contributed by atoms with van der Waals surface area (Å²) in [6, 6.07) is 26.6. The lowest BCUT2D eigenvalue weighted by Gasteiger charge is -2.35. The number of benzene rings is 4. The molecule has 0 heterocycles. The van der Waals surface area contributed by atoms with Crippen LogP contribution in [0.1, 0.15) is 43.0 Å². The summed E-state index contributed by atoms with van der Waals surface area (Å²) in [5.74, 6) is -0.952. The third kappa shape index (κ3) is 8.90. The van der Waals surface area contributed by atoms with Crippen LogP contribution in [0.5, 0.6) is 0 Å². The molecule has 0 saturated heterocycles. The van der Waals surface area contributed by atoms with Crippen LogP contribution in [0.3, 0.4) is 0 Å². The van der Waals surface area contributed by atoms with E-state index < -0.39 is 34.1 Å². The van der Waals surface area contributed by atoms with Crippen LogP contribution in [0.4, 0.5) is 5.69 Å². The zero-order chi connectivity index (χ0) is 33.6. The first-order valence-corrected chi connectivity index (χ1v) is 17.1. The molecule has 242 valence electrons. The number of nitrogens with zero attached hydrogens (tertiary/aromatic N) is 2. The van der Waals surface area contributed by atoms with Gasteiger partial charge in [0.2, 0.25) is 11.8 Å². The molecule has 0 saturated carbocycles. The van der Waals surface area contributed by atoms with Crippen molar-refractivity contribution < 1.29 is 18.0 Å². The van der Waals surface area contributed by atoms with Crippen molar-refractivity contribution in [3.63, 3.8) is 0 Å². The van der Waals surface area contributed by atoms with Crippen molar-refractivity contribution in [2.45, 2.75) is 64.1 Å². The van der Waals surface area contributed by atoms with Gasteiger partial charge in [0.05, 0.1) is 10.6 Å². The van der Waals surface area contributed by atoms with Crippen molar-refractivity contribution >= 4 is 50.7 Å². The number of rotatable bonds is 11. The molecule has 0 bridgehead atoms. The number of halogens is 2. The normalized spacial score (nSPS) is 12.3. The van der Waals surface area contributed by atoms with Crippen LogP contribution in [-0.2, 0) is 32.6 Å². The second-order valence-corrected chi connectivity index (χ2v) is 15.0. The van der Waals surface area contributed by atoms with E-state index in [9.17, 15) is 18.0 Å². The van der Waals surface area contributed by atoms with Crippen LogP contribution < -0.4 is 9.62 Å². The monoisotopic (exact) mass is 679 g/mol. The van der Waals surface area contributed by atoms with E-state index in [1.165, 1.54) is 17.0 Å². The Hall–Kier alpha value is -3.85. The number of carbonyl (C=O) groups excluding carboxylic acids is 2. The minimum atomic E-state index is -4.19. The Bertz CT molecular complexity index is 1790. The molecule has 4 rings (SSSR count). The average Bonchev–Trinajstić information content (AvgIpc) is 3.00. The van der Waals surface area contributed by atoms with E-state index in [0.29, 0.717) is 21.3 Å². The molecule has 10 heteroatoms. The van der Waals surface area contributed by atoms with Gasteiger partial charge in [-0.1, -0.05) is 83.9 Å². The quantitative estimate of drug-likeness (QED) is 0.179. The molecule has 0 aliphatic carbocycles. The molecular formula is C36H39Cl2N3O4S. The second-order valence-electron chi connectivity index (χ2n) is 12.3. The summed E-state index contributed by atoms with van der Waals surface area (Å²) in [7, 11) is -4.19. The molecule has 0 aliphatic rings. The highest BCUT2D eigenvalue weighted by Crippen LogP contribution is 2.28. The summed E-state index contributed by atoms with van der Waals surface area (Å²) in [5, 5.41) is 3.77. The lowest BCUT2D eigenvalue weighted by atomic mass is 10.0. The van der Waals surface area contributed by atoms with Crippen LogP contribution in [-0.4, -0.2) is 43.3 Å². The van der Waals surface area contributed by atoms with Gasteiger partial charge in [0.25, 0.3) is 10.0 Å². The van der Waals surface area contributed by atoms with Crippen molar-refractivity contribution in [2.75, 3.05) is 10.8 Å². The average molecular weight is 681 g/mol. The molecule has 46 heavy (non-hydrogen) atoms. The Morgan fingerprint density at radius 3 is 2.04 bits per heavy atom. The molecule has 4 aromatic carbocycles. The SMILES string of the molecule is Cc1ccc(N(CC(=O)N(Cc2ccc(Cl)cc2Cl)[C@H](Cc2ccccc2)C(=O)NC(C)(C)C)S(=O)(=O)c2ccccc2)cc1C. The van der Waals surface area contributed by atoms with E-state index in [1.54, 1.807) is 48.5 Å².